The molecule has 2 aromatic heterocycles. The zero-order valence-electron chi connectivity index (χ0n) is 18.8. The summed E-state index contributed by atoms with van der Waals surface area (Å²) in [5.74, 6) is 1.03. The van der Waals surface area contributed by atoms with Gasteiger partial charge in [-0.2, -0.15) is 0 Å². The van der Waals surface area contributed by atoms with Gasteiger partial charge >= 0.3 is 0 Å². The van der Waals surface area contributed by atoms with E-state index in [2.05, 4.69) is 20.6 Å². The lowest BCUT2D eigenvalue weighted by atomic mass is 10.2. The van der Waals surface area contributed by atoms with Crippen LogP contribution in [0.4, 0.5) is 10.1 Å². The average Bonchev–Trinajstić information content (AvgIpc) is 3.34. The predicted octanol–water partition coefficient (Wildman–Crippen LogP) is 4.70. The van der Waals surface area contributed by atoms with Gasteiger partial charge in [0.15, 0.2) is 5.69 Å². The van der Waals surface area contributed by atoms with Gasteiger partial charge in [-0.15, -0.1) is 5.10 Å². The maximum atomic E-state index is 13.5. The summed E-state index contributed by atoms with van der Waals surface area (Å²) in [5, 5.41) is 10.8. The molecule has 0 saturated heterocycles. The number of carbonyl (C=O) groups excluding carboxylic acids is 1. The highest BCUT2D eigenvalue weighted by molar-refractivity contribution is 6.03. The molecule has 1 amide bonds. The van der Waals surface area contributed by atoms with Crippen LogP contribution in [-0.4, -0.2) is 32.5 Å². The first-order valence-electron chi connectivity index (χ1n) is 10.5. The van der Waals surface area contributed by atoms with Crippen molar-refractivity contribution in [1.29, 1.82) is 0 Å². The summed E-state index contributed by atoms with van der Waals surface area (Å²) >= 11 is 0. The standard InChI is InChI=1S/C24H24FN5O3/c1-5-32-19-10-7-17(8-11-19)24-27-21(16(4)33-24)13-30-15(3)22(28-29-30)23(31)26-20-12-18(25)9-6-14(20)2/h6-12H,5,13H2,1-4H3,(H,26,31). The van der Waals surface area contributed by atoms with Crippen molar-refractivity contribution in [3.8, 4) is 17.2 Å². The van der Waals surface area contributed by atoms with E-state index in [0.29, 0.717) is 35.3 Å². The lowest BCUT2D eigenvalue weighted by Crippen LogP contribution is -2.15. The Morgan fingerprint density at radius 1 is 1.15 bits per heavy atom. The van der Waals surface area contributed by atoms with E-state index in [1.807, 2.05) is 38.1 Å². The third-order valence-corrected chi connectivity index (χ3v) is 5.25. The molecule has 0 aliphatic carbocycles. The first-order valence-corrected chi connectivity index (χ1v) is 10.5. The molecule has 0 unspecified atom stereocenters. The van der Waals surface area contributed by atoms with E-state index in [9.17, 15) is 9.18 Å². The Morgan fingerprint density at radius 3 is 2.64 bits per heavy atom. The zero-order chi connectivity index (χ0) is 23.5. The molecule has 2 heterocycles. The fraction of sp³-hybridized carbons (Fsp3) is 0.250. The Hall–Kier alpha value is -4.01. The summed E-state index contributed by atoms with van der Waals surface area (Å²) in [7, 11) is 0. The number of aryl methyl sites for hydroxylation is 2. The van der Waals surface area contributed by atoms with Crippen LogP contribution in [0.2, 0.25) is 0 Å². The van der Waals surface area contributed by atoms with Crippen LogP contribution >= 0.6 is 0 Å². The summed E-state index contributed by atoms with van der Waals surface area (Å²) in [6.45, 7) is 8.18. The Morgan fingerprint density at radius 2 is 1.91 bits per heavy atom. The molecular weight excluding hydrogens is 425 g/mol. The van der Waals surface area contributed by atoms with E-state index in [0.717, 1.165) is 16.9 Å². The van der Waals surface area contributed by atoms with Crippen molar-refractivity contribution in [2.45, 2.75) is 34.2 Å². The Labute approximate surface area is 190 Å². The van der Waals surface area contributed by atoms with Crippen LogP contribution in [0.1, 0.15) is 40.1 Å². The third-order valence-electron chi connectivity index (χ3n) is 5.25. The van der Waals surface area contributed by atoms with Gasteiger partial charge in [0.1, 0.15) is 23.0 Å². The zero-order valence-corrected chi connectivity index (χ0v) is 18.8. The number of nitrogens with zero attached hydrogens (tertiary/aromatic N) is 4. The van der Waals surface area contributed by atoms with E-state index >= 15 is 0 Å². The molecule has 0 spiro atoms. The van der Waals surface area contributed by atoms with Crippen LogP contribution in [0.5, 0.6) is 5.75 Å². The summed E-state index contributed by atoms with van der Waals surface area (Å²) in [6, 6.07) is 11.7. The van der Waals surface area contributed by atoms with Crippen LogP contribution in [-0.2, 0) is 6.54 Å². The second kappa shape index (κ2) is 9.23. The quantitative estimate of drug-likeness (QED) is 0.440. The van der Waals surface area contributed by atoms with Crippen LogP contribution in [0, 0.1) is 26.6 Å². The molecule has 4 rings (SSSR count). The van der Waals surface area contributed by atoms with E-state index < -0.39 is 11.7 Å². The molecule has 0 saturated carbocycles. The molecule has 2 aromatic carbocycles. The number of aromatic nitrogens is 4. The number of halogens is 1. The van der Waals surface area contributed by atoms with Gasteiger partial charge in [-0.3, -0.25) is 4.79 Å². The fourth-order valence-corrected chi connectivity index (χ4v) is 3.33. The number of hydrogen-bond acceptors (Lipinski definition) is 6. The number of anilines is 1. The van der Waals surface area contributed by atoms with Gasteiger partial charge in [0.05, 0.1) is 18.8 Å². The van der Waals surface area contributed by atoms with Gasteiger partial charge < -0.3 is 14.5 Å². The highest BCUT2D eigenvalue weighted by Crippen LogP contribution is 2.25. The van der Waals surface area contributed by atoms with Gasteiger partial charge in [-0.1, -0.05) is 11.3 Å². The molecule has 0 atom stereocenters. The van der Waals surface area contributed by atoms with E-state index in [1.165, 1.54) is 12.1 Å². The minimum absolute atomic E-state index is 0.159. The van der Waals surface area contributed by atoms with Crippen LogP contribution in [0.3, 0.4) is 0 Å². The lowest BCUT2D eigenvalue weighted by molar-refractivity contribution is 0.102. The number of benzene rings is 2. The molecule has 170 valence electrons. The van der Waals surface area contributed by atoms with Crippen molar-refractivity contribution in [3.63, 3.8) is 0 Å². The molecule has 0 aliphatic rings. The van der Waals surface area contributed by atoms with Crippen molar-refractivity contribution in [2.75, 3.05) is 11.9 Å². The normalized spacial score (nSPS) is 10.9. The summed E-state index contributed by atoms with van der Waals surface area (Å²) in [4.78, 5) is 17.3. The minimum atomic E-state index is -0.459. The lowest BCUT2D eigenvalue weighted by Gasteiger charge is -2.07. The van der Waals surface area contributed by atoms with E-state index in [4.69, 9.17) is 9.15 Å². The molecule has 0 fully saturated rings. The first-order chi connectivity index (χ1) is 15.9. The number of amides is 1. The van der Waals surface area contributed by atoms with Crippen molar-refractivity contribution >= 4 is 11.6 Å². The smallest absolute Gasteiger partial charge is 0.278 e. The molecule has 0 radical (unpaired) electrons. The average molecular weight is 449 g/mol. The Balaban J connectivity index is 1.51. The second-order valence-electron chi connectivity index (χ2n) is 7.57. The van der Waals surface area contributed by atoms with Crippen molar-refractivity contribution in [3.05, 3.63) is 76.7 Å². The maximum Gasteiger partial charge on any atom is 0.278 e. The van der Waals surface area contributed by atoms with E-state index in [1.54, 1.807) is 24.6 Å². The van der Waals surface area contributed by atoms with Gasteiger partial charge in [0, 0.05) is 11.3 Å². The van der Waals surface area contributed by atoms with E-state index in [-0.39, 0.29) is 12.2 Å². The number of nitrogens with one attached hydrogen (secondary N) is 1. The topological polar surface area (TPSA) is 95.1 Å². The maximum absolute atomic E-state index is 13.5. The SMILES string of the molecule is CCOc1ccc(-c2nc(Cn3nnc(C(=O)Nc4cc(F)ccc4C)c3C)c(C)o2)cc1. The molecule has 4 aromatic rings. The second-order valence-corrected chi connectivity index (χ2v) is 7.57. The summed E-state index contributed by atoms with van der Waals surface area (Å²) in [5.41, 5.74) is 3.36. The van der Waals surface area contributed by atoms with Crippen LogP contribution in [0.25, 0.3) is 11.5 Å². The highest BCUT2D eigenvalue weighted by atomic mass is 19.1. The van der Waals surface area contributed by atoms with Gasteiger partial charge in [0.2, 0.25) is 5.89 Å². The number of rotatable bonds is 7. The van der Waals surface area contributed by atoms with Gasteiger partial charge in [-0.05, 0) is 69.7 Å². The van der Waals surface area contributed by atoms with Gasteiger partial charge in [-0.25, -0.2) is 14.1 Å². The summed E-state index contributed by atoms with van der Waals surface area (Å²) in [6.07, 6.45) is 0. The Kier molecular flexibility index (Phi) is 6.21. The van der Waals surface area contributed by atoms with Crippen molar-refractivity contribution in [1.82, 2.24) is 20.0 Å². The summed E-state index contributed by atoms with van der Waals surface area (Å²) < 4.78 is 26.4. The highest BCUT2D eigenvalue weighted by Gasteiger charge is 2.20. The van der Waals surface area contributed by atoms with Crippen LogP contribution < -0.4 is 10.1 Å². The number of carbonyl (C=O) groups is 1. The molecular formula is C24H24FN5O3. The Bertz CT molecular complexity index is 1290. The predicted molar refractivity (Wildman–Crippen MR) is 121 cm³/mol. The fourth-order valence-electron chi connectivity index (χ4n) is 3.33. The molecule has 8 nitrogen and oxygen atoms in total. The largest absolute Gasteiger partial charge is 0.494 e. The third kappa shape index (κ3) is 4.77. The molecule has 9 heteroatoms. The number of oxazole rings is 1. The van der Waals surface area contributed by atoms with Crippen LogP contribution in [0.15, 0.2) is 46.9 Å². The first kappa shape index (κ1) is 22.2. The minimum Gasteiger partial charge on any atom is -0.494 e. The molecule has 0 bridgehead atoms. The van der Waals surface area contributed by atoms with Crippen molar-refractivity contribution in [2.24, 2.45) is 0 Å². The molecule has 33 heavy (non-hydrogen) atoms. The molecule has 1 N–H and O–H groups in total. The number of ether oxygens (including phenoxy) is 1. The van der Waals surface area contributed by atoms with Gasteiger partial charge in [0.25, 0.3) is 5.91 Å². The number of hydrogen-bond donors (Lipinski definition) is 1. The molecule has 0 aliphatic heterocycles. The van der Waals surface area contributed by atoms with Crippen molar-refractivity contribution < 1.29 is 18.3 Å². The monoisotopic (exact) mass is 449 g/mol.